The number of thiazole rings is 1. The summed E-state index contributed by atoms with van der Waals surface area (Å²) in [6, 6.07) is 3.03. The third-order valence-electron chi connectivity index (χ3n) is 6.49. The van der Waals surface area contributed by atoms with Crippen molar-refractivity contribution in [3.8, 4) is 5.75 Å². The second kappa shape index (κ2) is 11.1. The second-order valence-corrected chi connectivity index (χ2v) is 11.6. The molecule has 2 aromatic rings. The lowest BCUT2D eigenvalue weighted by atomic mass is 9.95. The van der Waals surface area contributed by atoms with Crippen LogP contribution in [0.3, 0.4) is 0 Å². The van der Waals surface area contributed by atoms with E-state index >= 15 is 0 Å². The number of rotatable bonds is 6. The number of amides is 1. The van der Waals surface area contributed by atoms with Crippen LogP contribution in [0.4, 0.5) is 13.2 Å². The predicted octanol–water partition coefficient (Wildman–Crippen LogP) is 5.16. The summed E-state index contributed by atoms with van der Waals surface area (Å²) in [6.07, 6.45) is 1.30. The van der Waals surface area contributed by atoms with Crippen LogP contribution in [0.5, 0.6) is 5.75 Å². The Labute approximate surface area is 213 Å². The highest BCUT2D eigenvalue weighted by Crippen LogP contribution is 2.33. The zero-order chi connectivity index (χ0) is 25.9. The molecule has 0 unspecified atom stereocenters. The van der Waals surface area contributed by atoms with Gasteiger partial charge in [0, 0.05) is 30.1 Å². The third-order valence-corrected chi connectivity index (χ3v) is 7.94. The molecular weight excluding hydrogens is 491 g/mol. The molecule has 1 aromatic carbocycles. The van der Waals surface area contributed by atoms with Gasteiger partial charge in [-0.3, -0.25) is 4.79 Å². The largest absolute Gasteiger partial charge is 0.492 e. The van der Waals surface area contributed by atoms with Gasteiger partial charge in [-0.25, -0.2) is 0 Å². The fourth-order valence-corrected chi connectivity index (χ4v) is 5.43. The zero-order valence-corrected chi connectivity index (χ0v) is 21.8. The van der Waals surface area contributed by atoms with Gasteiger partial charge in [-0.2, -0.15) is 18.2 Å². The number of halogens is 3. The van der Waals surface area contributed by atoms with Crippen LogP contribution in [-0.2, 0) is 22.9 Å². The van der Waals surface area contributed by atoms with Gasteiger partial charge in [-0.1, -0.05) is 20.8 Å². The lowest BCUT2D eigenvalue weighted by Crippen LogP contribution is -2.33. The van der Waals surface area contributed by atoms with Crippen molar-refractivity contribution < 1.29 is 27.4 Å². The zero-order valence-electron chi connectivity index (χ0n) is 21.0. The Balaban J connectivity index is 1.68. The standard InChI is InChI=1S/C26H34F3N3O3S/c1-25(2,3)22-15-32(14-19-7-5-11-34-19)24(36-22)31-23(33)20-12-18(26(27,28)29)8-9-21(20)35-16-17-6-4-10-30-13-17/h8-9,12,15,17,19,30H,4-7,10-11,13-14,16H2,1-3H3/b31-24-/t17-,19+/m0/s1. The minimum absolute atomic E-state index is 0.0259. The first kappa shape index (κ1) is 26.9. The van der Waals surface area contributed by atoms with E-state index in [4.69, 9.17) is 9.47 Å². The molecular formula is C26H34F3N3O3S. The molecule has 4 rings (SSSR count). The summed E-state index contributed by atoms with van der Waals surface area (Å²) in [7, 11) is 0. The monoisotopic (exact) mass is 525 g/mol. The molecule has 0 saturated carbocycles. The van der Waals surface area contributed by atoms with Crippen molar-refractivity contribution in [3.05, 3.63) is 45.2 Å². The maximum Gasteiger partial charge on any atom is 0.416 e. The van der Waals surface area contributed by atoms with E-state index < -0.39 is 17.6 Å². The van der Waals surface area contributed by atoms with Crippen molar-refractivity contribution in [3.63, 3.8) is 0 Å². The van der Waals surface area contributed by atoms with Crippen LogP contribution < -0.4 is 14.9 Å². The van der Waals surface area contributed by atoms with E-state index in [1.165, 1.54) is 17.4 Å². The smallest absolute Gasteiger partial charge is 0.416 e. The number of carbonyl (C=O) groups excluding carboxylic acids is 1. The van der Waals surface area contributed by atoms with Crippen LogP contribution in [0, 0.1) is 5.92 Å². The molecule has 10 heteroatoms. The van der Waals surface area contributed by atoms with Gasteiger partial charge in [0.05, 0.1) is 30.4 Å². The number of hydrogen-bond acceptors (Lipinski definition) is 5. The highest BCUT2D eigenvalue weighted by molar-refractivity contribution is 7.09. The first-order valence-electron chi connectivity index (χ1n) is 12.5. The van der Waals surface area contributed by atoms with E-state index in [0.717, 1.165) is 55.8 Å². The summed E-state index contributed by atoms with van der Waals surface area (Å²) in [5.41, 5.74) is -1.25. The van der Waals surface area contributed by atoms with Gasteiger partial charge in [0.2, 0.25) is 0 Å². The summed E-state index contributed by atoms with van der Waals surface area (Å²) >= 11 is 1.37. The quantitative estimate of drug-likeness (QED) is 0.566. The second-order valence-electron chi connectivity index (χ2n) is 10.6. The molecule has 1 amide bonds. The molecule has 0 aliphatic carbocycles. The molecule has 0 radical (unpaired) electrons. The lowest BCUT2D eigenvalue weighted by Gasteiger charge is -2.23. The third kappa shape index (κ3) is 6.77. The van der Waals surface area contributed by atoms with Crippen molar-refractivity contribution in [2.24, 2.45) is 10.9 Å². The molecule has 1 N–H and O–H groups in total. The van der Waals surface area contributed by atoms with Gasteiger partial charge in [0.15, 0.2) is 4.80 Å². The molecule has 6 nitrogen and oxygen atoms in total. The van der Waals surface area contributed by atoms with E-state index in [9.17, 15) is 18.0 Å². The van der Waals surface area contributed by atoms with Crippen molar-refractivity contribution in [2.75, 3.05) is 26.3 Å². The molecule has 198 valence electrons. The Morgan fingerprint density at radius 2 is 2.06 bits per heavy atom. The van der Waals surface area contributed by atoms with E-state index in [1.807, 2.05) is 10.8 Å². The summed E-state index contributed by atoms with van der Waals surface area (Å²) in [6.45, 7) is 9.50. The maximum atomic E-state index is 13.5. The fraction of sp³-hybridized carbons (Fsp3) is 0.615. The molecule has 3 heterocycles. The van der Waals surface area contributed by atoms with E-state index in [0.29, 0.717) is 24.6 Å². The highest BCUT2D eigenvalue weighted by atomic mass is 32.1. The number of nitrogens with zero attached hydrogens (tertiary/aromatic N) is 2. The van der Waals surface area contributed by atoms with E-state index in [-0.39, 0.29) is 28.7 Å². The van der Waals surface area contributed by atoms with Gasteiger partial charge in [0.1, 0.15) is 5.75 Å². The number of aromatic nitrogens is 1. The van der Waals surface area contributed by atoms with Gasteiger partial charge in [-0.05, 0) is 55.8 Å². The van der Waals surface area contributed by atoms with Crippen molar-refractivity contribution >= 4 is 17.2 Å². The molecule has 2 saturated heterocycles. The van der Waals surface area contributed by atoms with Crippen LogP contribution in [0.2, 0.25) is 0 Å². The molecule has 2 aliphatic heterocycles. The van der Waals surface area contributed by atoms with Crippen LogP contribution in [0.25, 0.3) is 0 Å². The number of hydrogen-bond donors (Lipinski definition) is 1. The van der Waals surface area contributed by atoms with Gasteiger partial charge in [-0.15, -0.1) is 11.3 Å². The summed E-state index contributed by atoms with van der Waals surface area (Å²) in [5, 5.41) is 3.29. The van der Waals surface area contributed by atoms with Gasteiger partial charge in [0.25, 0.3) is 5.91 Å². The average Bonchev–Trinajstić information content (AvgIpc) is 3.48. The van der Waals surface area contributed by atoms with Crippen LogP contribution in [0.1, 0.15) is 67.3 Å². The van der Waals surface area contributed by atoms with Crippen molar-refractivity contribution in [2.45, 2.75) is 70.7 Å². The Morgan fingerprint density at radius 3 is 2.69 bits per heavy atom. The lowest BCUT2D eigenvalue weighted by molar-refractivity contribution is -0.137. The highest BCUT2D eigenvalue weighted by Gasteiger charge is 2.32. The van der Waals surface area contributed by atoms with Gasteiger partial charge >= 0.3 is 6.18 Å². The average molecular weight is 526 g/mol. The Kier molecular flexibility index (Phi) is 8.26. The summed E-state index contributed by atoms with van der Waals surface area (Å²) in [4.78, 5) is 19.1. The number of piperidine rings is 1. The number of nitrogens with one attached hydrogen (secondary N) is 1. The SMILES string of the molecule is CC(C)(C)c1cn(C[C@H]2CCCO2)/c(=N/C(=O)c2cc(C(F)(F)F)ccc2OC[C@H]2CCCNC2)s1. The maximum absolute atomic E-state index is 13.5. The normalized spacial score (nSPS) is 21.7. The molecule has 0 spiro atoms. The van der Waals surface area contributed by atoms with Crippen LogP contribution >= 0.6 is 11.3 Å². The van der Waals surface area contributed by atoms with Crippen molar-refractivity contribution in [1.82, 2.24) is 9.88 Å². The Bertz CT molecular complexity index is 1120. The summed E-state index contributed by atoms with van der Waals surface area (Å²) < 4.78 is 54.0. The number of benzene rings is 1. The number of ether oxygens (including phenoxy) is 2. The van der Waals surface area contributed by atoms with Crippen molar-refractivity contribution in [1.29, 1.82) is 0 Å². The molecule has 0 bridgehead atoms. The first-order valence-corrected chi connectivity index (χ1v) is 13.3. The molecule has 2 atom stereocenters. The van der Waals surface area contributed by atoms with Crippen LogP contribution in [-0.4, -0.2) is 42.9 Å². The number of carbonyl (C=O) groups is 1. The minimum atomic E-state index is -4.58. The number of alkyl halides is 3. The van der Waals surface area contributed by atoms with Crippen LogP contribution in [0.15, 0.2) is 29.4 Å². The molecule has 1 aromatic heterocycles. The molecule has 36 heavy (non-hydrogen) atoms. The fourth-order valence-electron chi connectivity index (χ4n) is 4.37. The molecule has 2 fully saturated rings. The Hall–Kier alpha value is -2.17. The Morgan fingerprint density at radius 1 is 1.25 bits per heavy atom. The molecule has 2 aliphatic rings. The minimum Gasteiger partial charge on any atom is -0.492 e. The first-order chi connectivity index (χ1) is 17.0. The topological polar surface area (TPSA) is 64.9 Å². The summed E-state index contributed by atoms with van der Waals surface area (Å²) in [5.74, 6) is -0.386. The van der Waals surface area contributed by atoms with Gasteiger partial charge < -0.3 is 19.4 Å². The van der Waals surface area contributed by atoms with E-state index in [2.05, 4.69) is 31.1 Å². The predicted molar refractivity (Wildman–Crippen MR) is 132 cm³/mol. The van der Waals surface area contributed by atoms with E-state index in [1.54, 1.807) is 0 Å².